The molecule has 4 heteroatoms. The van der Waals surface area contributed by atoms with Crippen molar-refractivity contribution in [3.63, 3.8) is 0 Å². The Morgan fingerprint density at radius 3 is 2.15 bits per heavy atom. The van der Waals surface area contributed by atoms with Gasteiger partial charge in [-0.1, -0.05) is 39.5 Å². The second-order valence-corrected chi connectivity index (χ2v) is 6.26. The Bertz CT molecular complexity index is 438. The first-order chi connectivity index (χ1) is 9.55. The van der Waals surface area contributed by atoms with Crippen LogP contribution >= 0.6 is 0 Å². The lowest BCUT2D eigenvalue weighted by atomic mass is 9.78. The van der Waals surface area contributed by atoms with Crippen molar-refractivity contribution in [1.82, 2.24) is 4.90 Å². The molecule has 1 aliphatic carbocycles. The van der Waals surface area contributed by atoms with Crippen LogP contribution < -0.4 is 0 Å². The zero-order valence-corrected chi connectivity index (χ0v) is 12.6. The largest absolute Gasteiger partial charge is 0.274 e. The predicted molar refractivity (Wildman–Crippen MR) is 75.5 cm³/mol. The standard InChI is InChI=1S/C16H24N2O2/c1-3-16(4-2,12-17)18-13(19)11-15(14(18)20)9-7-5-6-8-10-15/h3-11H2,1-2H3. The molecule has 2 amide bonds. The maximum Gasteiger partial charge on any atom is 0.237 e. The lowest BCUT2D eigenvalue weighted by Gasteiger charge is -2.34. The molecule has 0 bridgehead atoms. The average Bonchev–Trinajstić information content (AvgIpc) is 2.64. The first-order valence-electron chi connectivity index (χ1n) is 7.84. The summed E-state index contributed by atoms with van der Waals surface area (Å²) in [6.45, 7) is 3.76. The Hall–Kier alpha value is -1.37. The average molecular weight is 276 g/mol. The Kier molecular flexibility index (Phi) is 4.17. The third-order valence-corrected chi connectivity index (χ3v) is 5.26. The molecular weight excluding hydrogens is 252 g/mol. The molecule has 2 fully saturated rings. The van der Waals surface area contributed by atoms with Crippen molar-refractivity contribution in [2.45, 2.75) is 77.2 Å². The minimum absolute atomic E-state index is 0.0744. The summed E-state index contributed by atoms with van der Waals surface area (Å²) >= 11 is 0. The van der Waals surface area contributed by atoms with Crippen LogP contribution in [0.4, 0.5) is 0 Å². The van der Waals surface area contributed by atoms with E-state index in [1.807, 2.05) is 13.8 Å². The SMILES string of the molecule is CCC(C#N)(CC)N1C(=O)CC2(CCCCCC2)C1=O. The van der Waals surface area contributed by atoms with Crippen molar-refractivity contribution in [3.05, 3.63) is 0 Å². The van der Waals surface area contributed by atoms with Crippen LogP contribution in [0.1, 0.15) is 71.6 Å². The summed E-state index contributed by atoms with van der Waals surface area (Å²) in [7, 11) is 0. The Labute approximate surface area is 121 Å². The van der Waals surface area contributed by atoms with E-state index in [0.717, 1.165) is 38.5 Å². The Balaban J connectivity index is 2.36. The lowest BCUT2D eigenvalue weighted by molar-refractivity contribution is -0.147. The molecule has 2 rings (SSSR count). The summed E-state index contributed by atoms with van der Waals surface area (Å²) in [5, 5.41) is 9.52. The number of carbonyl (C=O) groups excluding carboxylic acids is 2. The molecule has 0 aromatic carbocycles. The summed E-state index contributed by atoms with van der Waals surface area (Å²) in [5.41, 5.74) is -1.44. The highest BCUT2D eigenvalue weighted by atomic mass is 16.2. The van der Waals surface area contributed by atoms with E-state index in [1.54, 1.807) is 0 Å². The van der Waals surface area contributed by atoms with Gasteiger partial charge in [-0.25, -0.2) is 0 Å². The highest BCUT2D eigenvalue weighted by Crippen LogP contribution is 2.47. The number of hydrogen-bond acceptors (Lipinski definition) is 3. The Morgan fingerprint density at radius 2 is 1.70 bits per heavy atom. The van der Waals surface area contributed by atoms with Crippen molar-refractivity contribution >= 4 is 11.8 Å². The molecule has 0 radical (unpaired) electrons. The molecule has 0 atom stereocenters. The normalized spacial score (nSPS) is 22.9. The van der Waals surface area contributed by atoms with E-state index in [2.05, 4.69) is 6.07 Å². The van der Waals surface area contributed by atoms with Gasteiger partial charge in [0.15, 0.2) is 0 Å². The molecule has 2 aliphatic rings. The molecule has 1 heterocycles. The molecule has 1 saturated carbocycles. The molecule has 1 saturated heterocycles. The van der Waals surface area contributed by atoms with Crippen LogP contribution in [-0.2, 0) is 9.59 Å². The number of nitrogens with zero attached hydrogens (tertiary/aromatic N) is 2. The maximum atomic E-state index is 12.9. The first kappa shape index (κ1) is 15.0. The summed E-state index contributed by atoms with van der Waals surface area (Å²) in [5.74, 6) is -0.211. The maximum absolute atomic E-state index is 12.9. The highest BCUT2D eigenvalue weighted by molar-refractivity contribution is 6.07. The van der Waals surface area contributed by atoms with Gasteiger partial charge in [0.2, 0.25) is 11.8 Å². The van der Waals surface area contributed by atoms with Gasteiger partial charge in [0.25, 0.3) is 0 Å². The molecule has 4 nitrogen and oxygen atoms in total. The summed E-state index contributed by atoms with van der Waals surface area (Å²) in [6.07, 6.45) is 7.28. The van der Waals surface area contributed by atoms with Crippen LogP contribution in [-0.4, -0.2) is 22.3 Å². The van der Waals surface area contributed by atoms with Crippen molar-refractivity contribution in [2.75, 3.05) is 0 Å². The van der Waals surface area contributed by atoms with Crippen molar-refractivity contribution in [2.24, 2.45) is 5.41 Å². The zero-order valence-electron chi connectivity index (χ0n) is 12.6. The van der Waals surface area contributed by atoms with Gasteiger partial charge in [-0.05, 0) is 25.7 Å². The first-order valence-corrected chi connectivity index (χ1v) is 7.84. The summed E-state index contributed by atoms with van der Waals surface area (Å²) < 4.78 is 0. The van der Waals surface area contributed by atoms with E-state index >= 15 is 0 Å². The summed E-state index contributed by atoms with van der Waals surface area (Å²) in [6, 6.07) is 2.24. The van der Waals surface area contributed by atoms with Crippen molar-refractivity contribution < 1.29 is 9.59 Å². The van der Waals surface area contributed by atoms with Crippen LogP contribution in [0.15, 0.2) is 0 Å². The molecule has 0 aromatic rings. The third-order valence-electron chi connectivity index (χ3n) is 5.26. The number of imide groups is 1. The van der Waals surface area contributed by atoms with E-state index in [9.17, 15) is 14.9 Å². The van der Waals surface area contributed by atoms with E-state index in [4.69, 9.17) is 0 Å². The molecule has 0 N–H and O–H groups in total. The van der Waals surface area contributed by atoms with E-state index in [0.29, 0.717) is 19.3 Å². The monoisotopic (exact) mass is 276 g/mol. The van der Waals surface area contributed by atoms with Gasteiger partial charge in [0, 0.05) is 6.42 Å². The van der Waals surface area contributed by atoms with Crippen LogP contribution in [0.5, 0.6) is 0 Å². The topological polar surface area (TPSA) is 61.2 Å². The van der Waals surface area contributed by atoms with E-state index < -0.39 is 11.0 Å². The fourth-order valence-electron chi connectivity index (χ4n) is 3.80. The summed E-state index contributed by atoms with van der Waals surface area (Å²) in [4.78, 5) is 26.7. The van der Waals surface area contributed by atoms with Gasteiger partial charge in [0.05, 0.1) is 11.5 Å². The molecule has 0 aromatic heterocycles. The van der Waals surface area contributed by atoms with Crippen molar-refractivity contribution in [1.29, 1.82) is 5.26 Å². The second-order valence-electron chi connectivity index (χ2n) is 6.26. The van der Waals surface area contributed by atoms with Crippen LogP contribution in [0.3, 0.4) is 0 Å². The molecule has 1 aliphatic heterocycles. The van der Waals surface area contributed by atoms with Crippen LogP contribution in [0, 0.1) is 16.7 Å². The molecule has 1 spiro atoms. The minimum Gasteiger partial charge on any atom is -0.274 e. The fourth-order valence-corrected chi connectivity index (χ4v) is 3.80. The van der Waals surface area contributed by atoms with Crippen LogP contribution in [0.2, 0.25) is 0 Å². The zero-order chi connectivity index (χ0) is 14.8. The smallest absolute Gasteiger partial charge is 0.237 e. The van der Waals surface area contributed by atoms with Crippen LogP contribution in [0.25, 0.3) is 0 Å². The Morgan fingerprint density at radius 1 is 1.15 bits per heavy atom. The van der Waals surface area contributed by atoms with Gasteiger partial charge in [0.1, 0.15) is 5.54 Å². The van der Waals surface area contributed by atoms with E-state index in [-0.39, 0.29) is 11.8 Å². The molecular formula is C16H24N2O2. The van der Waals surface area contributed by atoms with Gasteiger partial charge >= 0.3 is 0 Å². The third kappa shape index (κ3) is 2.13. The number of nitriles is 1. The van der Waals surface area contributed by atoms with Gasteiger partial charge in [-0.15, -0.1) is 0 Å². The second kappa shape index (κ2) is 5.55. The quantitative estimate of drug-likeness (QED) is 0.744. The number of likely N-dealkylation sites (tertiary alicyclic amines) is 1. The highest BCUT2D eigenvalue weighted by Gasteiger charge is 2.56. The molecule has 20 heavy (non-hydrogen) atoms. The van der Waals surface area contributed by atoms with E-state index in [1.165, 1.54) is 4.90 Å². The predicted octanol–water partition coefficient (Wildman–Crippen LogP) is 3.17. The molecule has 110 valence electrons. The number of carbonyl (C=O) groups is 2. The number of hydrogen-bond donors (Lipinski definition) is 0. The van der Waals surface area contributed by atoms with Crippen molar-refractivity contribution in [3.8, 4) is 6.07 Å². The van der Waals surface area contributed by atoms with Gasteiger partial charge < -0.3 is 0 Å². The molecule has 0 unspecified atom stereocenters. The fraction of sp³-hybridized carbons (Fsp3) is 0.812. The number of rotatable bonds is 3. The van der Waals surface area contributed by atoms with Gasteiger partial charge in [-0.2, -0.15) is 5.26 Å². The lowest BCUT2D eigenvalue weighted by Crippen LogP contribution is -2.51. The number of amides is 2. The minimum atomic E-state index is -0.941. The van der Waals surface area contributed by atoms with Gasteiger partial charge in [-0.3, -0.25) is 14.5 Å².